The minimum absolute atomic E-state index is 0.0842. The van der Waals surface area contributed by atoms with E-state index in [9.17, 15) is 28.4 Å². The quantitative estimate of drug-likeness (QED) is 0.389. The molecule has 0 spiro atoms. The zero-order valence-electron chi connectivity index (χ0n) is 16.5. The summed E-state index contributed by atoms with van der Waals surface area (Å²) in [7, 11) is -3.88. The van der Waals surface area contributed by atoms with Gasteiger partial charge in [-0.15, -0.1) is 0 Å². The van der Waals surface area contributed by atoms with E-state index in [-0.39, 0.29) is 28.4 Å². The van der Waals surface area contributed by atoms with Crippen LogP contribution in [0.4, 0.5) is 11.4 Å². The maximum Gasteiger partial charge on any atom is 0.315 e. The fourth-order valence-electron chi connectivity index (χ4n) is 2.90. The van der Waals surface area contributed by atoms with Crippen molar-refractivity contribution in [3.8, 4) is 11.5 Å². The summed E-state index contributed by atoms with van der Waals surface area (Å²) in [6.45, 7) is 3.42. The second-order valence-corrected chi connectivity index (χ2v) is 8.04. The SMILES string of the molecule is CCOc1cc(/C=C2\C(=O)N(c3ccc(S(N)(=O)=O)cc3)N=C2C)cc([N+](=O)[O-])c1O. The maximum atomic E-state index is 12.9. The van der Waals surface area contributed by atoms with E-state index < -0.39 is 32.3 Å². The van der Waals surface area contributed by atoms with Gasteiger partial charge in [-0.05, 0) is 55.8 Å². The number of hydrazone groups is 1. The summed E-state index contributed by atoms with van der Waals surface area (Å²) < 4.78 is 28.0. The monoisotopic (exact) mass is 446 g/mol. The van der Waals surface area contributed by atoms with Gasteiger partial charge in [0.25, 0.3) is 5.91 Å². The number of rotatable bonds is 6. The van der Waals surface area contributed by atoms with Gasteiger partial charge in [0.2, 0.25) is 15.8 Å². The van der Waals surface area contributed by atoms with Gasteiger partial charge in [-0.3, -0.25) is 14.9 Å². The lowest BCUT2D eigenvalue weighted by molar-refractivity contribution is -0.386. The standard InChI is InChI=1S/C19H18N4O7S/c1-3-30-17-10-12(9-16(18(17)24)23(26)27)8-15-11(2)21-22(19(15)25)13-4-6-14(7-5-13)31(20,28)29/h4-10,24H,3H2,1-2H3,(H2,20,28,29)/b15-8-. The number of benzene rings is 2. The van der Waals surface area contributed by atoms with E-state index in [0.29, 0.717) is 11.4 Å². The summed E-state index contributed by atoms with van der Waals surface area (Å²) in [5.74, 6) is -1.21. The molecule has 3 N–H and O–H groups in total. The molecule has 1 heterocycles. The van der Waals surface area contributed by atoms with Crippen LogP contribution in [0, 0.1) is 10.1 Å². The Morgan fingerprint density at radius 2 is 1.94 bits per heavy atom. The molecule has 0 unspecified atom stereocenters. The molecule has 1 aliphatic heterocycles. The normalized spacial score (nSPS) is 15.3. The van der Waals surface area contributed by atoms with E-state index in [4.69, 9.17) is 9.88 Å². The first-order valence-corrected chi connectivity index (χ1v) is 10.5. The smallest absolute Gasteiger partial charge is 0.315 e. The molecule has 3 rings (SSSR count). The number of aromatic hydroxyl groups is 1. The summed E-state index contributed by atoms with van der Waals surface area (Å²) in [4.78, 5) is 23.3. The Kier molecular flexibility index (Phi) is 5.77. The molecule has 2 aromatic rings. The number of nitrogens with zero attached hydrogens (tertiary/aromatic N) is 3. The minimum Gasteiger partial charge on any atom is -0.500 e. The molecule has 1 aliphatic rings. The molecular formula is C19H18N4O7S. The largest absolute Gasteiger partial charge is 0.500 e. The van der Waals surface area contributed by atoms with Gasteiger partial charge >= 0.3 is 5.69 Å². The average molecular weight is 446 g/mol. The van der Waals surface area contributed by atoms with Crippen molar-refractivity contribution in [1.29, 1.82) is 0 Å². The van der Waals surface area contributed by atoms with Gasteiger partial charge in [-0.1, -0.05) is 0 Å². The molecule has 2 aromatic carbocycles. The van der Waals surface area contributed by atoms with Crippen molar-refractivity contribution in [1.82, 2.24) is 0 Å². The number of phenolic OH excluding ortho intramolecular Hbond substituents is 1. The van der Waals surface area contributed by atoms with Crippen molar-refractivity contribution in [3.63, 3.8) is 0 Å². The van der Waals surface area contributed by atoms with Crippen LogP contribution in [0.25, 0.3) is 6.08 Å². The van der Waals surface area contributed by atoms with Crippen molar-refractivity contribution >= 4 is 39.1 Å². The molecule has 12 heteroatoms. The van der Waals surface area contributed by atoms with Crippen LogP contribution in [0.2, 0.25) is 0 Å². The molecule has 0 saturated carbocycles. The third-order valence-corrected chi connectivity index (χ3v) is 5.29. The molecule has 0 atom stereocenters. The molecule has 31 heavy (non-hydrogen) atoms. The minimum atomic E-state index is -3.88. The Labute approximate surface area is 177 Å². The summed E-state index contributed by atoms with van der Waals surface area (Å²) in [6.07, 6.45) is 1.40. The fourth-order valence-corrected chi connectivity index (χ4v) is 3.42. The van der Waals surface area contributed by atoms with Crippen LogP contribution in [0.3, 0.4) is 0 Å². The Bertz CT molecular complexity index is 1230. The van der Waals surface area contributed by atoms with Gasteiger partial charge in [0.15, 0.2) is 5.75 Å². The molecule has 0 aliphatic carbocycles. The van der Waals surface area contributed by atoms with Crippen LogP contribution < -0.4 is 14.9 Å². The molecule has 0 radical (unpaired) electrons. The summed E-state index contributed by atoms with van der Waals surface area (Å²) in [5, 5.41) is 31.6. The summed E-state index contributed by atoms with van der Waals surface area (Å²) in [6, 6.07) is 7.77. The molecule has 0 bridgehead atoms. The van der Waals surface area contributed by atoms with Crippen molar-refractivity contribution in [2.75, 3.05) is 11.6 Å². The first kappa shape index (κ1) is 21.9. The lowest BCUT2D eigenvalue weighted by atomic mass is 10.1. The van der Waals surface area contributed by atoms with Gasteiger partial charge in [0.1, 0.15) is 0 Å². The molecular weight excluding hydrogens is 428 g/mol. The van der Waals surface area contributed by atoms with Crippen LogP contribution >= 0.6 is 0 Å². The second kappa shape index (κ2) is 8.16. The number of nitro groups is 1. The molecule has 11 nitrogen and oxygen atoms in total. The predicted octanol–water partition coefficient (Wildman–Crippen LogP) is 2.15. The summed E-state index contributed by atoms with van der Waals surface area (Å²) in [5.41, 5.74) is 0.518. The van der Waals surface area contributed by atoms with Gasteiger partial charge in [0.05, 0.1) is 33.4 Å². The van der Waals surface area contributed by atoms with Crippen molar-refractivity contribution in [2.45, 2.75) is 18.7 Å². The average Bonchev–Trinajstić information content (AvgIpc) is 2.98. The Hall–Kier alpha value is -3.77. The van der Waals surface area contributed by atoms with Crippen molar-refractivity contribution in [2.24, 2.45) is 10.2 Å². The number of primary sulfonamides is 1. The van der Waals surface area contributed by atoms with Crippen LogP contribution in [-0.4, -0.2) is 36.7 Å². The maximum absolute atomic E-state index is 12.9. The highest BCUT2D eigenvalue weighted by Crippen LogP contribution is 2.38. The molecule has 0 fully saturated rings. The zero-order valence-corrected chi connectivity index (χ0v) is 17.3. The molecule has 1 amide bonds. The number of nitrogens with two attached hydrogens (primary N) is 1. The number of ether oxygens (including phenoxy) is 1. The van der Waals surface area contributed by atoms with Crippen molar-refractivity contribution in [3.05, 3.63) is 57.6 Å². The van der Waals surface area contributed by atoms with Gasteiger partial charge in [0, 0.05) is 6.07 Å². The number of anilines is 1. The Morgan fingerprint density at radius 1 is 1.29 bits per heavy atom. The number of amides is 1. The number of carbonyl (C=O) groups excluding carboxylic acids is 1. The third-order valence-electron chi connectivity index (χ3n) is 4.36. The zero-order chi connectivity index (χ0) is 22.9. The number of nitro benzene ring substituents is 1. The van der Waals surface area contributed by atoms with Crippen LogP contribution in [0.1, 0.15) is 19.4 Å². The van der Waals surface area contributed by atoms with Crippen LogP contribution in [0.5, 0.6) is 11.5 Å². The second-order valence-electron chi connectivity index (χ2n) is 6.48. The van der Waals surface area contributed by atoms with E-state index in [1.54, 1.807) is 13.8 Å². The number of hydrogen-bond acceptors (Lipinski definition) is 8. The van der Waals surface area contributed by atoms with Crippen LogP contribution in [0.15, 0.2) is 52.0 Å². The van der Waals surface area contributed by atoms with Gasteiger partial charge in [-0.2, -0.15) is 10.1 Å². The third kappa shape index (κ3) is 4.39. The van der Waals surface area contributed by atoms with Gasteiger partial charge < -0.3 is 9.84 Å². The van der Waals surface area contributed by atoms with E-state index in [0.717, 1.165) is 11.1 Å². The molecule has 162 valence electrons. The Balaban J connectivity index is 1.99. The first-order valence-electron chi connectivity index (χ1n) is 8.91. The Morgan fingerprint density at radius 3 is 2.48 bits per heavy atom. The van der Waals surface area contributed by atoms with Crippen LogP contribution in [-0.2, 0) is 14.8 Å². The lowest BCUT2D eigenvalue weighted by Gasteiger charge is -2.12. The van der Waals surface area contributed by atoms with E-state index in [2.05, 4.69) is 5.10 Å². The van der Waals surface area contributed by atoms with Gasteiger partial charge in [-0.25, -0.2) is 13.6 Å². The first-order chi connectivity index (χ1) is 14.5. The number of carbonyl (C=O) groups is 1. The molecule has 0 saturated heterocycles. The lowest BCUT2D eigenvalue weighted by Crippen LogP contribution is -2.21. The molecule has 0 aromatic heterocycles. The van der Waals surface area contributed by atoms with E-state index in [1.165, 1.54) is 36.4 Å². The number of hydrogen-bond donors (Lipinski definition) is 2. The highest BCUT2D eigenvalue weighted by atomic mass is 32.2. The summed E-state index contributed by atoms with van der Waals surface area (Å²) >= 11 is 0. The number of sulfonamides is 1. The van der Waals surface area contributed by atoms with Crippen molar-refractivity contribution < 1.29 is 28.0 Å². The number of phenols is 1. The predicted molar refractivity (Wildman–Crippen MR) is 112 cm³/mol. The topological polar surface area (TPSA) is 165 Å². The fraction of sp³-hybridized carbons (Fsp3) is 0.158. The highest BCUT2D eigenvalue weighted by Gasteiger charge is 2.29. The highest BCUT2D eigenvalue weighted by molar-refractivity contribution is 7.89. The van der Waals surface area contributed by atoms with E-state index in [1.807, 2.05) is 0 Å². The van der Waals surface area contributed by atoms with E-state index >= 15 is 0 Å².